The van der Waals surface area contributed by atoms with Crippen LogP contribution in [-0.4, -0.2) is 18.7 Å². The molecule has 3 nitrogen and oxygen atoms in total. The van der Waals surface area contributed by atoms with Gasteiger partial charge >= 0.3 is 5.97 Å². The number of esters is 1. The molecule has 0 saturated carbocycles. The molecule has 0 radical (unpaired) electrons. The SMILES string of the molecule is CC(C)C(C)OC(=O)COc1ccccc1. The third-order valence-electron chi connectivity index (χ3n) is 2.36. The van der Waals surface area contributed by atoms with Crippen LogP contribution < -0.4 is 4.74 Å². The average molecular weight is 222 g/mol. The first-order chi connectivity index (χ1) is 7.59. The van der Waals surface area contributed by atoms with Gasteiger partial charge in [0.1, 0.15) is 11.9 Å². The number of benzene rings is 1. The van der Waals surface area contributed by atoms with E-state index in [0.29, 0.717) is 11.7 Å². The van der Waals surface area contributed by atoms with Gasteiger partial charge in [0, 0.05) is 0 Å². The zero-order valence-electron chi connectivity index (χ0n) is 9.97. The number of hydrogen-bond donors (Lipinski definition) is 0. The molecule has 1 rings (SSSR count). The lowest BCUT2D eigenvalue weighted by atomic mass is 10.1. The summed E-state index contributed by atoms with van der Waals surface area (Å²) in [7, 11) is 0. The number of rotatable bonds is 5. The first-order valence-electron chi connectivity index (χ1n) is 5.47. The smallest absolute Gasteiger partial charge is 0.344 e. The molecule has 0 aliphatic rings. The van der Waals surface area contributed by atoms with E-state index in [9.17, 15) is 4.79 Å². The Hall–Kier alpha value is -1.51. The molecule has 1 unspecified atom stereocenters. The lowest BCUT2D eigenvalue weighted by Crippen LogP contribution is -2.24. The Morgan fingerprint density at radius 2 is 1.81 bits per heavy atom. The van der Waals surface area contributed by atoms with Gasteiger partial charge in [0.2, 0.25) is 0 Å². The molecule has 0 aromatic heterocycles. The highest BCUT2D eigenvalue weighted by Gasteiger charge is 2.13. The van der Waals surface area contributed by atoms with Gasteiger partial charge in [-0.25, -0.2) is 4.79 Å². The molecule has 16 heavy (non-hydrogen) atoms. The van der Waals surface area contributed by atoms with E-state index in [4.69, 9.17) is 9.47 Å². The highest BCUT2D eigenvalue weighted by Crippen LogP contribution is 2.09. The van der Waals surface area contributed by atoms with Crippen LogP contribution in [0, 0.1) is 5.92 Å². The molecule has 0 fully saturated rings. The second-order valence-corrected chi connectivity index (χ2v) is 4.04. The van der Waals surface area contributed by atoms with Gasteiger partial charge in [-0.15, -0.1) is 0 Å². The molecule has 0 amide bonds. The van der Waals surface area contributed by atoms with E-state index >= 15 is 0 Å². The van der Waals surface area contributed by atoms with Crippen LogP contribution in [0.25, 0.3) is 0 Å². The second-order valence-electron chi connectivity index (χ2n) is 4.04. The van der Waals surface area contributed by atoms with Gasteiger partial charge in [0.25, 0.3) is 0 Å². The van der Waals surface area contributed by atoms with Crippen molar-refractivity contribution in [2.75, 3.05) is 6.61 Å². The third-order valence-corrected chi connectivity index (χ3v) is 2.36. The predicted molar refractivity (Wildman–Crippen MR) is 62.3 cm³/mol. The molecule has 0 saturated heterocycles. The fourth-order valence-corrected chi connectivity index (χ4v) is 1.04. The maximum atomic E-state index is 11.4. The van der Waals surface area contributed by atoms with E-state index in [-0.39, 0.29) is 18.7 Å². The molecule has 0 spiro atoms. The van der Waals surface area contributed by atoms with E-state index < -0.39 is 0 Å². The highest BCUT2D eigenvalue weighted by atomic mass is 16.6. The summed E-state index contributed by atoms with van der Waals surface area (Å²) >= 11 is 0. The highest BCUT2D eigenvalue weighted by molar-refractivity contribution is 5.71. The summed E-state index contributed by atoms with van der Waals surface area (Å²) in [4.78, 5) is 11.4. The van der Waals surface area contributed by atoms with Crippen molar-refractivity contribution in [3.63, 3.8) is 0 Å². The van der Waals surface area contributed by atoms with E-state index in [1.807, 2.05) is 39.0 Å². The van der Waals surface area contributed by atoms with Crippen molar-refractivity contribution in [1.82, 2.24) is 0 Å². The van der Waals surface area contributed by atoms with Gasteiger partial charge < -0.3 is 9.47 Å². The van der Waals surface area contributed by atoms with Crippen molar-refractivity contribution in [1.29, 1.82) is 0 Å². The summed E-state index contributed by atoms with van der Waals surface area (Å²) in [6, 6.07) is 9.22. The van der Waals surface area contributed by atoms with Crippen LogP contribution in [0.5, 0.6) is 5.75 Å². The summed E-state index contributed by atoms with van der Waals surface area (Å²) in [6.45, 7) is 5.86. The van der Waals surface area contributed by atoms with Gasteiger partial charge in [-0.2, -0.15) is 0 Å². The molecular weight excluding hydrogens is 204 g/mol. The fourth-order valence-electron chi connectivity index (χ4n) is 1.04. The standard InChI is InChI=1S/C13H18O3/c1-10(2)11(3)16-13(14)9-15-12-7-5-4-6-8-12/h4-8,10-11H,9H2,1-3H3. The monoisotopic (exact) mass is 222 g/mol. The number of ether oxygens (including phenoxy) is 2. The van der Waals surface area contributed by atoms with Crippen molar-refractivity contribution < 1.29 is 14.3 Å². The van der Waals surface area contributed by atoms with E-state index in [2.05, 4.69) is 0 Å². The minimum Gasteiger partial charge on any atom is -0.482 e. The van der Waals surface area contributed by atoms with Crippen LogP contribution in [0.3, 0.4) is 0 Å². The molecule has 0 aliphatic carbocycles. The Labute approximate surface area is 96.4 Å². The van der Waals surface area contributed by atoms with Crippen LogP contribution in [0.4, 0.5) is 0 Å². The van der Waals surface area contributed by atoms with Crippen LogP contribution in [0.15, 0.2) is 30.3 Å². The lowest BCUT2D eigenvalue weighted by Gasteiger charge is -2.16. The molecule has 0 bridgehead atoms. The zero-order valence-corrected chi connectivity index (χ0v) is 9.97. The lowest BCUT2D eigenvalue weighted by molar-refractivity contribution is -0.152. The summed E-state index contributed by atoms with van der Waals surface area (Å²) in [6.07, 6.45) is -0.0770. The molecule has 1 aromatic rings. The average Bonchev–Trinajstić information content (AvgIpc) is 2.27. The first-order valence-corrected chi connectivity index (χ1v) is 5.47. The molecule has 88 valence electrons. The molecular formula is C13H18O3. The minimum absolute atomic E-state index is 0.0406. The maximum absolute atomic E-state index is 11.4. The van der Waals surface area contributed by atoms with Crippen LogP contribution in [-0.2, 0) is 9.53 Å². The predicted octanol–water partition coefficient (Wildman–Crippen LogP) is 2.65. The van der Waals surface area contributed by atoms with E-state index in [1.54, 1.807) is 12.1 Å². The third kappa shape index (κ3) is 4.34. The summed E-state index contributed by atoms with van der Waals surface area (Å²) in [5.74, 6) is 0.669. The van der Waals surface area contributed by atoms with Crippen molar-refractivity contribution in [2.24, 2.45) is 5.92 Å². The van der Waals surface area contributed by atoms with Gasteiger partial charge in [0.05, 0.1) is 0 Å². The Bertz CT molecular complexity index is 319. The van der Waals surface area contributed by atoms with Gasteiger partial charge in [0.15, 0.2) is 6.61 Å². The van der Waals surface area contributed by atoms with Crippen molar-refractivity contribution in [2.45, 2.75) is 26.9 Å². The van der Waals surface area contributed by atoms with Gasteiger partial charge in [-0.1, -0.05) is 32.0 Å². The summed E-state index contributed by atoms with van der Waals surface area (Å²) < 4.78 is 10.4. The van der Waals surface area contributed by atoms with Crippen LogP contribution >= 0.6 is 0 Å². The maximum Gasteiger partial charge on any atom is 0.344 e. The largest absolute Gasteiger partial charge is 0.482 e. The van der Waals surface area contributed by atoms with Gasteiger partial charge in [-0.3, -0.25) is 0 Å². The van der Waals surface area contributed by atoms with Crippen molar-refractivity contribution >= 4 is 5.97 Å². The molecule has 0 aliphatic heterocycles. The fraction of sp³-hybridized carbons (Fsp3) is 0.462. The number of para-hydroxylation sites is 1. The number of hydrogen-bond acceptors (Lipinski definition) is 3. The molecule has 1 atom stereocenters. The topological polar surface area (TPSA) is 35.5 Å². The second kappa shape index (κ2) is 6.16. The number of carbonyl (C=O) groups excluding carboxylic acids is 1. The van der Waals surface area contributed by atoms with E-state index in [0.717, 1.165) is 0 Å². The molecule has 1 aromatic carbocycles. The summed E-state index contributed by atoms with van der Waals surface area (Å²) in [5.41, 5.74) is 0. The quantitative estimate of drug-likeness (QED) is 0.718. The molecule has 3 heteroatoms. The zero-order chi connectivity index (χ0) is 12.0. The molecule has 0 heterocycles. The minimum atomic E-state index is -0.329. The normalized spacial score (nSPS) is 12.2. The Kier molecular flexibility index (Phi) is 4.83. The van der Waals surface area contributed by atoms with Crippen molar-refractivity contribution in [3.8, 4) is 5.75 Å². The number of carbonyl (C=O) groups is 1. The van der Waals surface area contributed by atoms with Crippen molar-refractivity contribution in [3.05, 3.63) is 30.3 Å². The van der Waals surface area contributed by atoms with Crippen LogP contribution in [0.2, 0.25) is 0 Å². The Morgan fingerprint density at radius 1 is 1.19 bits per heavy atom. The summed E-state index contributed by atoms with van der Waals surface area (Å²) in [5, 5.41) is 0. The van der Waals surface area contributed by atoms with Gasteiger partial charge in [-0.05, 0) is 25.0 Å². The first kappa shape index (κ1) is 12.6. The molecule has 0 N–H and O–H groups in total. The Balaban J connectivity index is 2.31. The Morgan fingerprint density at radius 3 is 2.38 bits per heavy atom. The van der Waals surface area contributed by atoms with E-state index in [1.165, 1.54) is 0 Å². The van der Waals surface area contributed by atoms with Crippen LogP contribution in [0.1, 0.15) is 20.8 Å².